The topological polar surface area (TPSA) is 68.9 Å². The van der Waals surface area contributed by atoms with E-state index in [0.717, 1.165) is 31.0 Å². The predicted octanol–water partition coefficient (Wildman–Crippen LogP) is 2.59. The van der Waals surface area contributed by atoms with Gasteiger partial charge in [-0.05, 0) is 43.9 Å². The van der Waals surface area contributed by atoms with Crippen molar-refractivity contribution in [2.45, 2.75) is 34.1 Å². The van der Waals surface area contributed by atoms with Crippen molar-refractivity contribution in [3.63, 3.8) is 0 Å². The molecular formula is C17H29N3O2. The molecule has 0 aliphatic carbocycles. The molecule has 0 bridgehead atoms. The fraction of sp³-hybridized carbons (Fsp3) is 0.588. The summed E-state index contributed by atoms with van der Waals surface area (Å²) in [4.78, 5) is 4.28. The smallest absolute Gasteiger partial charge is 0.188 e. The lowest BCUT2D eigenvalue weighted by Crippen LogP contribution is -2.33. The minimum Gasteiger partial charge on any atom is -0.490 e. The maximum Gasteiger partial charge on any atom is 0.188 e. The van der Waals surface area contributed by atoms with E-state index < -0.39 is 0 Å². The summed E-state index contributed by atoms with van der Waals surface area (Å²) in [5.74, 6) is 2.60. The highest BCUT2D eigenvalue weighted by Crippen LogP contribution is 2.28. The third kappa shape index (κ3) is 6.70. The van der Waals surface area contributed by atoms with E-state index in [1.165, 1.54) is 5.56 Å². The lowest BCUT2D eigenvalue weighted by atomic mass is 10.1. The van der Waals surface area contributed by atoms with Crippen LogP contribution in [0.1, 0.15) is 33.3 Å². The summed E-state index contributed by atoms with van der Waals surface area (Å²) in [5, 5.41) is 3.13. The molecule has 5 nitrogen and oxygen atoms in total. The number of hydrogen-bond donors (Lipinski definition) is 2. The van der Waals surface area contributed by atoms with Gasteiger partial charge in [0, 0.05) is 13.1 Å². The zero-order chi connectivity index (χ0) is 16.4. The van der Waals surface area contributed by atoms with Gasteiger partial charge in [0.25, 0.3) is 0 Å². The summed E-state index contributed by atoms with van der Waals surface area (Å²) in [7, 11) is 0. The molecule has 1 rings (SSSR count). The number of ether oxygens (including phenoxy) is 2. The Kier molecular flexibility index (Phi) is 8.18. The number of nitrogens with zero attached hydrogens (tertiary/aromatic N) is 1. The molecule has 0 atom stereocenters. The second-order valence-corrected chi connectivity index (χ2v) is 5.44. The summed E-state index contributed by atoms with van der Waals surface area (Å²) in [5.41, 5.74) is 7.00. The molecule has 22 heavy (non-hydrogen) atoms. The number of rotatable bonds is 9. The molecule has 1 aromatic rings. The van der Waals surface area contributed by atoms with Crippen molar-refractivity contribution in [1.29, 1.82) is 0 Å². The summed E-state index contributed by atoms with van der Waals surface area (Å²) in [6.45, 7) is 10.9. The highest BCUT2D eigenvalue weighted by Gasteiger charge is 2.06. The minimum atomic E-state index is 0.504. The SMILES string of the molecule is CCOc1ccc(CCNC(N)=NCC(C)C)cc1OCC. The molecule has 0 amide bonds. The van der Waals surface area contributed by atoms with Gasteiger partial charge in [-0.1, -0.05) is 19.9 Å². The maximum absolute atomic E-state index is 5.82. The molecule has 0 unspecified atom stereocenters. The number of nitrogens with two attached hydrogens (primary N) is 1. The van der Waals surface area contributed by atoms with E-state index in [9.17, 15) is 0 Å². The highest BCUT2D eigenvalue weighted by atomic mass is 16.5. The summed E-state index contributed by atoms with van der Waals surface area (Å²) >= 11 is 0. The van der Waals surface area contributed by atoms with Gasteiger partial charge in [0.1, 0.15) is 0 Å². The first-order chi connectivity index (χ1) is 10.6. The zero-order valence-electron chi connectivity index (χ0n) is 14.2. The van der Waals surface area contributed by atoms with Crippen LogP contribution in [0.2, 0.25) is 0 Å². The van der Waals surface area contributed by atoms with Crippen molar-refractivity contribution < 1.29 is 9.47 Å². The van der Waals surface area contributed by atoms with Gasteiger partial charge in [-0.15, -0.1) is 0 Å². The molecular weight excluding hydrogens is 278 g/mol. The summed E-state index contributed by atoms with van der Waals surface area (Å²) in [6.07, 6.45) is 0.852. The standard InChI is InChI=1S/C17H29N3O2/c1-5-21-15-8-7-14(11-16(15)22-6-2)9-10-19-17(18)20-12-13(3)4/h7-8,11,13H,5-6,9-10,12H2,1-4H3,(H3,18,19,20). The van der Waals surface area contributed by atoms with E-state index in [0.29, 0.717) is 25.1 Å². The van der Waals surface area contributed by atoms with Crippen LogP contribution in [0.3, 0.4) is 0 Å². The van der Waals surface area contributed by atoms with Gasteiger partial charge in [-0.3, -0.25) is 4.99 Å². The maximum atomic E-state index is 5.82. The Labute approximate surface area is 133 Å². The van der Waals surface area contributed by atoms with Crippen molar-refractivity contribution in [3.05, 3.63) is 23.8 Å². The molecule has 0 heterocycles. The number of aliphatic imine (C=N–C) groups is 1. The average molecular weight is 307 g/mol. The van der Waals surface area contributed by atoms with Crippen LogP contribution in [0.4, 0.5) is 0 Å². The van der Waals surface area contributed by atoms with E-state index in [1.807, 2.05) is 26.0 Å². The summed E-state index contributed by atoms with van der Waals surface area (Å²) < 4.78 is 11.2. The van der Waals surface area contributed by atoms with E-state index in [4.69, 9.17) is 15.2 Å². The van der Waals surface area contributed by atoms with Crippen molar-refractivity contribution in [3.8, 4) is 11.5 Å². The van der Waals surface area contributed by atoms with E-state index in [2.05, 4.69) is 30.2 Å². The fourth-order valence-electron chi connectivity index (χ4n) is 1.92. The van der Waals surface area contributed by atoms with E-state index in [1.54, 1.807) is 0 Å². The largest absolute Gasteiger partial charge is 0.490 e. The second-order valence-electron chi connectivity index (χ2n) is 5.44. The molecule has 1 aromatic carbocycles. The van der Waals surface area contributed by atoms with Gasteiger partial charge < -0.3 is 20.5 Å². The first kappa shape index (κ1) is 18.1. The minimum absolute atomic E-state index is 0.504. The Hall–Kier alpha value is -1.91. The molecule has 0 aliphatic rings. The zero-order valence-corrected chi connectivity index (χ0v) is 14.2. The highest BCUT2D eigenvalue weighted by molar-refractivity contribution is 5.77. The van der Waals surface area contributed by atoms with Crippen LogP contribution in [0, 0.1) is 5.92 Å². The van der Waals surface area contributed by atoms with Crippen molar-refractivity contribution in [2.75, 3.05) is 26.3 Å². The third-order valence-corrected chi connectivity index (χ3v) is 2.95. The number of benzene rings is 1. The van der Waals surface area contributed by atoms with Crippen LogP contribution < -0.4 is 20.5 Å². The Morgan fingerprint density at radius 2 is 1.86 bits per heavy atom. The first-order valence-electron chi connectivity index (χ1n) is 7.99. The van der Waals surface area contributed by atoms with E-state index in [-0.39, 0.29) is 0 Å². The van der Waals surface area contributed by atoms with E-state index >= 15 is 0 Å². The Morgan fingerprint density at radius 1 is 1.18 bits per heavy atom. The number of guanidine groups is 1. The van der Waals surface area contributed by atoms with Gasteiger partial charge >= 0.3 is 0 Å². The van der Waals surface area contributed by atoms with Crippen molar-refractivity contribution in [1.82, 2.24) is 5.32 Å². The Morgan fingerprint density at radius 3 is 2.50 bits per heavy atom. The third-order valence-electron chi connectivity index (χ3n) is 2.95. The molecule has 0 spiro atoms. The first-order valence-corrected chi connectivity index (χ1v) is 7.99. The molecule has 0 saturated heterocycles. The van der Waals surface area contributed by atoms with Crippen LogP contribution in [-0.2, 0) is 6.42 Å². The molecule has 0 radical (unpaired) electrons. The van der Waals surface area contributed by atoms with Crippen LogP contribution in [-0.4, -0.2) is 32.3 Å². The van der Waals surface area contributed by atoms with Crippen molar-refractivity contribution >= 4 is 5.96 Å². The Balaban J connectivity index is 2.55. The molecule has 0 aliphatic heterocycles. The molecule has 3 N–H and O–H groups in total. The average Bonchev–Trinajstić information content (AvgIpc) is 2.48. The number of hydrogen-bond acceptors (Lipinski definition) is 3. The number of nitrogens with one attached hydrogen (secondary N) is 1. The van der Waals surface area contributed by atoms with Crippen LogP contribution >= 0.6 is 0 Å². The van der Waals surface area contributed by atoms with Crippen LogP contribution in [0.15, 0.2) is 23.2 Å². The van der Waals surface area contributed by atoms with Gasteiger partial charge in [0.15, 0.2) is 17.5 Å². The quantitative estimate of drug-likeness (QED) is 0.543. The normalized spacial score (nSPS) is 11.6. The molecule has 124 valence electrons. The van der Waals surface area contributed by atoms with Crippen LogP contribution in [0.5, 0.6) is 11.5 Å². The molecule has 0 aromatic heterocycles. The second kappa shape index (κ2) is 9.92. The lowest BCUT2D eigenvalue weighted by molar-refractivity contribution is 0.287. The molecule has 5 heteroatoms. The lowest BCUT2D eigenvalue weighted by Gasteiger charge is -2.13. The summed E-state index contributed by atoms with van der Waals surface area (Å²) in [6, 6.07) is 6.04. The van der Waals surface area contributed by atoms with Gasteiger partial charge in [-0.2, -0.15) is 0 Å². The van der Waals surface area contributed by atoms with Gasteiger partial charge in [-0.25, -0.2) is 0 Å². The Bertz CT molecular complexity index is 473. The van der Waals surface area contributed by atoms with Crippen molar-refractivity contribution in [2.24, 2.45) is 16.6 Å². The van der Waals surface area contributed by atoms with Crippen LogP contribution in [0.25, 0.3) is 0 Å². The monoisotopic (exact) mass is 307 g/mol. The van der Waals surface area contributed by atoms with Gasteiger partial charge in [0.2, 0.25) is 0 Å². The molecule has 0 saturated carbocycles. The van der Waals surface area contributed by atoms with Gasteiger partial charge in [0.05, 0.1) is 13.2 Å². The molecule has 0 fully saturated rings. The predicted molar refractivity (Wildman–Crippen MR) is 91.8 cm³/mol. The fourth-order valence-corrected chi connectivity index (χ4v) is 1.92.